The quantitative estimate of drug-likeness (QED) is 0.866. The summed E-state index contributed by atoms with van der Waals surface area (Å²) in [5, 5.41) is 10.0. The molecule has 1 aromatic heterocycles. The van der Waals surface area contributed by atoms with Gasteiger partial charge in [-0.2, -0.15) is 0 Å². The lowest BCUT2D eigenvalue weighted by Gasteiger charge is -2.26. The van der Waals surface area contributed by atoms with Gasteiger partial charge in [-0.3, -0.25) is 0 Å². The first kappa shape index (κ1) is 11.7. The minimum Gasteiger partial charge on any atom is -0.387 e. The Morgan fingerprint density at radius 1 is 1.29 bits per heavy atom. The van der Waals surface area contributed by atoms with Gasteiger partial charge in [0.15, 0.2) is 0 Å². The molecule has 1 aromatic rings. The third kappa shape index (κ3) is 2.04. The van der Waals surface area contributed by atoms with Gasteiger partial charge in [-0.15, -0.1) is 0 Å². The van der Waals surface area contributed by atoms with E-state index >= 15 is 0 Å². The fourth-order valence-electron chi connectivity index (χ4n) is 2.85. The summed E-state index contributed by atoms with van der Waals surface area (Å²) >= 11 is 3.49. The first-order valence-corrected chi connectivity index (χ1v) is 7.08. The van der Waals surface area contributed by atoms with E-state index in [1.54, 1.807) is 0 Å². The second kappa shape index (κ2) is 4.71. The van der Waals surface area contributed by atoms with Crippen LogP contribution in [0.4, 0.5) is 0 Å². The SMILES string of the molecule is OC1CCCn2c(C3CCOCC3)nc(Br)c21. The normalized spacial score (nSPS) is 25.9. The average molecular weight is 301 g/mol. The zero-order valence-electron chi connectivity index (χ0n) is 9.73. The van der Waals surface area contributed by atoms with Crippen LogP contribution in [0.15, 0.2) is 4.60 Å². The van der Waals surface area contributed by atoms with Crippen LogP contribution < -0.4 is 0 Å². The van der Waals surface area contributed by atoms with Crippen LogP contribution in [0.25, 0.3) is 0 Å². The van der Waals surface area contributed by atoms with Gasteiger partial charge in [0, 0.05) is 25.7 Å². The molecule has 0 bridgehead atoms. The van der Waals surface area contributed by atoms with Crippen molar-refractivity contribution in [1.82, 2.24) is 9.55 Å². The molecule has 5 heteroatoms. The van der Waals surface area contributed by atoms with E-state index in [4.69, 9.17) is 4.74 Å². The van der Waals surface area contributed by atoms with Gasteiger partial charge in [0.2, 0.25) is 0 Å². The predicted octanol–water partition coefficient (Wildman–Crippen LogP) is 2.37. The number of fused-ring (bicyclic) bond motifs is 1. The number of ether oxygens (including phenoxy) is 1. The van der Waals surface area contributed by atoms with E-state index in [1.165, 1.54) is 0 Å². The first-order valence-electron chi connectivity index (χ1n) is 6.29. The minimum atomic E-state index is -0.362. The maximum absolute atomic E-state index is 10.0. The summed E-state index contributed by atoms with van der Waals surface area (Å²) in [6, 6.07) is 0. The Hall–Kier alpha value is -0.390. The summed E-state index contributed by atoms with van der Waals surface area (Å²) in [7, 11) is 0. The Labute approximate surface area is 109 Å². The van der Waals surface area contributed by atoms with E-state index in [1.807, 2.05) is 0 Å². The molecule has 3 heterocycles. The van der Waals surface area contributed by atoms with Crippen LogP contribution in [0.3, 0.4) is 0 Å². The first-order chi connectivity index (χ1) is 8.27. The van der Waals surface area contributed by atoms with Crippen molar-refractivity contribution in [3.8, 4) is 0 Å². The molecule has 2 aliphatic rings. The second-order valence-electron chi connectivity index (χ2n) is 4.84. The van der Waals surface area contributed by atoms with E-state index < -0.39 is 0 Å². The fraction of sp³-hybridized carbons (Fsp3) is 0.750. The molecule has 1 unspecified atom stereocenters. The van der Waals surface area contributed by atoms with E-state index in [0.29, 0.717) is 5.92 Å². The van der Waals surface area contributed by atoms with E-state index in [9.17, 15) is 5.11 Å². The highest BCUT2D eigenvalue weighted by Crippen LogP contribution is 2.36. The molecule has 1 saturated heterocycles. The highest BCUT2D eigenvalue weighted by atomic mass is 79.9. The molecule has 3 rings (SSSR count). The van der Waals surface area contributed by atoms with Crippen molar-refractivity contribution in [1.29, 1.82) is 0 Å². The fourth-order valence-corrected chi connectivity index (χ4v) is 3.51. The van der Waals surface area contributed by atoms with Crippen molar-refractivity contribution in [2.45, 2.75) is 44.2 Å². The monoisotopic (exact) mass is 300 g/mol. The molecule has 1 fully saturated rings. The Bertz CT molecular complexity index is 413. The number of nitrogens with zero attached hydrogens (tertiary/aromatic N) is 2. The molecule has 0 aromatic carbocycles. The standard InChI is InChI=1S/C12H17BrN2O2/c13-11-10-9(16)2-1-5-15(10)12(14-11)8-3-6-17-7-4-8/h8-9,16H,1-7H2. The molecule has 2 aliphatic heterocycles. The molecule has 0 saturated carbocycles. The van der Waals surface area contributed by atoms with Gasteiger partial charge in [-0.25, -0.2) is 4.98 Å². The van der Waals surface area contributed by atoms with Crippen LogP contribution in [0.2, 0.25) is 0 Å². The van der Waals surface area contributed by atoms with E-state index in [2.05, 4.69) is 25.5 Å². The lowest BCUT2D eigenvalue weighted by molar-refractivity contribution is 0.0816. The number of aliphatic hydroxyl groups excluding tert-OH is 1. The molecular weight excluding hydrogens is 284 g/mol. The topological polar surface area (TPSA) is 47.3 Å². The lowest BCUT2D eigenvalue weighted by Crippen LogP contribution is -2.22. The van der Waals surface area contributed by atoms with Gasteiger partial charge in [0.05, 0.1) is 11.8 Å². The van der Waals surface area contributed by atoms with Crippen LogP contribution in [0.1, 0.15) is 49.2 Å². The third-order valence-corrected chi connectivity index (χ3v) is 4.34. The third-order valence-electron chi connectivity index (χ3n) is 3.75. The van der Waals surface area contributed by atoms with Crippen LogP contribution in [-0.2, 0) is 11.3 Å². The number of imidazole rings is 1. The van der Waals surface area contributed by atoms with Gasteiger partial charge in [-0.1, -0.05) is 0 Å². The van der Waals surface area contributed by atoms with Gasteiger partial charge in [0.25, 0.3) is 0 Å². The summed E-state index contributed by atoms with van der Waals surface area (Å²) in [5.41, 5.74) is 0.970. The van der Waals surface area contributed by atoms with Crippen LogP contribution in [-0.4, -0.2) is 27.9 Å². The molecule has 17 heavy (non-hydrogen) atoms. The summed E-state index contributed by atoms with van der Waals surface area (Å²) in [6.45, 7) is 2.64. The molecule has 94 valence electrons. The molecular formula is C12H17BrN2O2. The number of hydrogen-bond donors (Lipinski definition) is 1. The zero-order valence-corrected chi connectivity index (χ0v) is 11.3. The second-order valence-corrected chi connectivity index (χ2v) is 5.59. The van der Waals surface area contributed by atoms with Gasteiger partial charge >= 0.3 is 0 Å². The van der Waals surface area contributed by atoms with Crippen LogP contribution in [0, 0.1) is 0 Å². The highest BCUT2D eigenvalue weighted by molar-refractivity contribution is 9.10. The van der Waals surface area contributed by atoms with Crippen molar-refractivity contribution in [2.75, 3.05) is 13.2 Å². The van der Waals surface area contributed by atoms with Crippen molar-refractivity contribution in [3.05, 3.63) is 16.1 Å². The van der Waals surface area contributed by atoms with Crippen molar-refractivity contribution in [2.24, 2.45) is 0 Å². The highest BCUT2D eigenvalue weighted by Gasteiger charge is 2.29. The molecule has 4 nitrogen and oxygen atoms in total. The average Bonchev–Trinajstić information content (AvgIpc) is 2.69. The Morgan fingerprint density at radius 2 is 2.06 bits per heavy atom. The molecule has 1 N–H and O–H groups in total. The molecule has 0 amide bonds. The number of aromatic nitrogens is 2. The summed E-state index contributed by atoms with van der Waals surface area (Å²) in [5.74, 6) is 1.62. The largest absolute Gasteiger partial charge is 0.387 e. The van der Waals surface area contributed by atoms with Crippen molar-refractivity contribution in [3.63, 3.8) is 0 Å². The van der Waals surface area contributed by atoms with Gasteiger partial charge in [-0.05, 0) is 41.6 Å². The number of hydrogen-bond acceptors (Lipinski definition) is 3. The minimum absolute atomic E-state index is 0.362. The maximum Gasteiger partial charge on any atom is 0.130 e. The maximum atomic E-state index is 10.0. The summed E-state index contributed by atoms with van der Waals surface area (Å²) < 4.78 is 8.44. The molecule has 0 aliphatic carbocycles. The zero-order chi connectivity index (χ0) is 11.8. The summed E-state index contributed by atoms with van der Waals surface area (Å²) in [6.07, 6.45) is 3.60. The molecule has 0 spiro atoms. The van der Waals surface area contributed by atoms with E-state index in [0.717, 1.165) is 61.6 Å². The smallest absolute Gasteiger partial charge is 0.130 e. The number of halogens is 1. The Kier molecular flexibility index (Phi) is 3.23. The Morgan fingerprint density at radius 3 is 2.82 bits per heavy atom. The van der Waals surface area contributed by atoms with Gasteiger partial charge < -0.3 is 14.4 Å². The van der Waals surface area contributed by atoms with E-state index in [-0.39, 0.29) is 6.10 Å². The number of rotatable bonds is 1. The predicted molar refractivity (Wildman–Crippen MR) is 66.9 cm³/mol. The molecule has 1 atom stereocenters. The lowest BCUT2D eigenvalue weighted by atomic mass is 9.98. The van der Waals surface area contributed by atoms with Gasteiger partial charge in [0.1, 0.15) is 10.4 Å². The van der Waals surface area contributed by atoms with Crippen molar-refractivity contribution >= 4 is 15.9 Å². The Balaban J connectivity index is 1.97. The summed E-state index contributed by atoms with van der Waals surface area (Å²) in [4.78, 5) is 4.63. The van der Waals surface area contributed by atoms with Crippen LogP contribution >= 0.6 is 15.9 Å². The molecule has 0 radical (unpaired) electrons. The van der Waals surface area contributed by atoms with Crippen molar-refractivity contribution < 1.29 is 9.84 Å². The van der Waals surface area contributed by atoms with Crippen LogP contribution in [0.5, 0.6) is 0 Å². The number of aliphatic hydroxyl groups is 1.